The zero-order valence-electron chi connectivity index (χ0n) is 8.93. The Morgan fingerprint density at radius 3 is 2.62 bits per heavy atom. The quantitative estimate of drug-likeness (QED) is 0.767. The number of carboxylic acid groups (broad SMARTS) is 1. The van der Waals surface area contributed by atoms with Crippen molar-refractivity contribution in [3.63, 3.8) is 0 Å². The number of pyridine rings is 1. The first kappa shape index (κ1) is 12.0. The Morgan fingerprint density at radius 2 is 2.19 bits per heavy atom. The number of carboxylic acids is 1. The van der Waals surface area contributed by atoms with Gasteiger partial charge in [0.25, 0.3) is 5.91 Å². The maximum absolute atomic E-state index is 11.5. The minimum Gasteiger partial charge on any atom is -0.481 e. The summed E-state index contributed by atoms with van der Waals surface area (Å²) in [4.78, 5) is 25.9. The highest BCUT2D eigenvalue weighted by Gasteiger charge is 2.15. The standard InChI is InChI=1S/C10H12N2O4/c1-6(10(14)15)12-9(13)7-3-4-8(16-2)11-5-7/h3-6H,1-2H3,(H,12,13)(H,14,15)/t6-/m1/s1. The normalized spacial score (nSPS) is 11.6. The van der Waals surface area contributed by atoms with Gasteiger partial charge < -0.3 is 15.2 Å². The Bertz CT molecular complexity index is 388. The van der Waals surface area contributed by atoms with E-state index in [-0.39, 0.29) is 5.56 Å². The molecule has 0 aliphatic carbocycles. The van der Waals surface area contributed by atoms with Gasteiger partial charge in [0, 0.05) is 12.3 Å². The number of methoxy groups -OCH3 is 1. The van der Waals surface area contributed by atoms with Crippen LogP contribution in [0, 0.1) is 0 Å². The largest absolute Gasteiger partial charge is 0.481 e. The minimum atomic E-state index is -1.09. The van der Waals surface area contributed by atoms with Crippen LogP contribution >= 0.6 is 0 Å². The van der Waals surface area contributed by atoms with Crippen molar-refractivity contribution in [2.24, 2.45) is 0 Å². The average Bonchev–Trinajstić information content (AvgIpc) is 2.28. The van der Waals surface area contributed by atoms with Crippen LogP contribution in [-0.4, -0.2) is 35.1 Å². The van der Waals surface area contributed by atoms with Gasteiger partial charge in [-0.15, -0.1) is 0 Å². The summed E-state index contributed by atoms with van der Waals surface area (Å²) in [7, 11) is 1.47. The Hall–Kier alpha value is -2.11. The molecule has 6 heteroatoms. The molecule has 0 aromatic carbocycles. The summed E-state index contributed by atoms with van der Waals surface area (Å²) in [5.74, 6) is -1.18. The summed E-state index contributed by atoms with van der Waals surface area (Å²) in [6.45, 7) is 1.39. The highest BCUT2D eigenvalue weighted by atomic mass is 16.5. The van der Waals surface area contributed by atoms with Crippen molar-refractivity contribution in [3.05, 3.63) is 23.9 Å². The summed E-state index contributed by atoms with van der Waals surface area (Å²) in [6.07, 6.45) is 1.32. The lowest BCUT2D eigenvalue weighted by Gasteiger charge is -2.08. The number of carbonyl (C=O) groups is 2. The van der Waals surface area contributed by atoms with Gasteiger partial charge in [-0.25, -0.2) is 4.98 Å². The number of amides is 1. The third-order valence-corrected chi connectivity index (χ3v) is 1.93. The van der Waals surface area contributed by atoms with Crippen LogP contribution in [-0.2, 0) is 4.79 Å². The molecule has 0 radical (unpaired) electrons. The average molecular weight is 224 g/mol. The van der Waals surface area contributed by atoms with Gasteiger partial charge in [0.05, 0.1) is 12.7 Å². The molecule has 0 spiro atoms. The van der Waals surface area contributed by atoms with Gasteiger partial charge in [0.15, 0.2) is 0 Å². The lowest BCUT2D eigenvalue weighted by molar-refractivity contribution is -0.138. The van der Waals surface area contributed by atoms with Gasteiger partial charge >= 0.3 is 5.97 Å². The number of nitrogens with zero attached hydrogens (tertiary/aromatic N) is 1. The molecule has 16 heavy (non-hydrogen) atoms. The van der Waals surface area contributed by atoms with Gasteiger partial charge in [-0.3, -0.25) is 9.59 Å². The van der Waals surface area contributed by atoms with Crippen molar-refractivity contribution in [1.82, 2.24) is 10.3 Å². The summed E-state index contributed by atoms with van der Waals surface area (Å²) >= 11 is 0. The third-order valence-electron chi connectivity index (χ3n) is 1.93. The van der Waals surface area contributed by atoms with Crippen LogP contribution < -0.4 is 10.1 Å². The number of ether oxygens (including phenoxy) is 1. The van der Waals surface area contributed by atoms with Gasteiger partial charge in [0.2, 0.25) is 5.88 Å². The van der Waals surface area contributed by atoms with E-state index in [0.29, 0.717) is 5.88 Å². The van der Waals surface area contributed by atoms with Crippen LogP contribution in [0.5, 0.6) is 5.88 Å². The van der Waals surface area contributed by atoms with E-state index in [9.17, 15) is 9.59 Å². The fraction of sp³-hybridized carbons (Fsp3) is 0.300. The summed E-state index contributed by atoms with van der Waals surface area (Å²) in [5, 5.41) is 10.9. The van der Waals surface area contributed by atoms with E-state index in [1.807, 2.05) is 0 Å². The molecule has 1 amide bonds. The second-order valence-electron chi connectivity index (χ2n) is 3.12. The zero-order chi connectivity index (χ0) is 12.1. The lowest BCUT2D eigenvalue weighted by atomic mass is 10.2. The Kier molecular flexibility index (Phi) is 3.82. The molecule has 1 heterocycles. The smallest absolute Gasteiger partial charge is 0.325 e. The molecule has 0 fully saturated rings. The molecular formula is C10H12N2O4. The fourth-order valence-electron chi connectivity index (χ4n) is 0.977. The lowest BCUT2D eigenvalue weighted by Crippen LogP contribution is -2.38. The van der Waals surface area contributed by atoms with E-state index in [4.69, 9.17) is 9.84 Å². The van der Waals surface area contributed by atoms with Crippen molar-refractivity contribution < 1.29 is 19.4 Å². The molecule has 1 atom stereocenters. The molecule has 2 N–H and O–H groups in total. The van der Waals surface area contributed by atoms with Gasteiger partial charge in [-0.2, -0.15) is 0 Å². The number of hydrogen-bond donors (Lipinski definition) is 2. The Labute approximate surface area is 92.3 Å². The van der Waals surface area contributed by atoms with E-state index < -0.39 is 17.9 Å². The summed E-state index contributed by atoms with van der Waals surface area (Å²) in [5.41, 5.74) is 0.286. The summed E-state index contributed by atoms with van der Waals surface area (Å²) < 4.78 is 4.83. The molecule has 0 aliphatic heterocycles. The second kappa shape index (κ2) is 5.11. The van der Waals surface area contributed by atoms with Crippen LogP contribution in [0.1, 0.15) is 17.3 Å². The van der Waals surface area contributed by atoms with Crippen LogP contribution in [0.3, 0.4) is 0 Å². The first-order valence-corrected chi connectivity index (χ1v) is 4.58. The number of rotatable bonds is 4. The molecule has 1 rings (SSSR count). The van der Waals surface area contributed by atoms with E-state index in [1.54, 1.807) is 0 Å². The molecule has 1 aromatic heterocycles. The van der Waals surface area contributed by atoms with Gasteiger partial charge in [0.1, 0.15) is 6.04 Å². The van der Waals surface area contributed by atoms with Crippen LogP contribution in [0.15, 0.2) is 18.3 Å². The topological polar surface area (TPSA) is 88.5 Å². The van der Waals surface area contributed by atoms with Gasteiger partial charge in [-0.1, -0.05) is 0 Å². The highest BCUT2D eigenvalue weighted by molar-refractivity contribution is 5.96. The molecule has 86 valence electrons. The van der Waals surface area contributed by atoms with Crippen LogP contribution in [0.4, 0.5) is 0 Å². The maximum atomic E-state index is 11.5. The second-order valence-corrected chi connectivity index (χ2v) is 3.12. The fourth-order valence-corrected chi connectivity index (χ4v) is 0.977. The van der Waals surface area contributed by atoms with Crippen LogP contribution in [0.25, 0.3) is 0 Å². The SMILES string of the molecule is COc1ccc(C(=O)N[C@H](C)C(=O)O)cn1. The van der Waals surface area contributed by atoms with Crippen molar-refractivity contribution >= 4 is 11.9 Å². The monoisotopic (exact) mass is 224 g/mol. The van der Waals surface area contributed by atoms with E-state index >= 15 is 0 Å². The molecule has 0 saturated carbocycles. The van der Waals surface area contributed by atoms with Crippen molar-refractivity contribution in [2.45, 2.75) is 13.0 Å². The van der Waals surface area contributed by atoms with E-state index in [2.05, 4.69) is 10.3 Å². The maximum Gasteiger partial charge on any atom is 0.325 e. The summed E-state index contributed by atoms with van der Waals surface area (Å²) in [6, 6.07) is 2.10. The highest BCUT2D eigenvalue weighted by Crippen LogP contribution is 2.06. The zero-order valence-corrected chi connectivity index (χ0v) is 8.93. The van der Waals surface area contributed by atoms with Crippen molar-refractivity contribution in [2.75, 3.05) is 7.11 Å². The van der Waals surface area contributed by atoms with Crippen molar-refractivity contribution in [3.8, 4) is 5.88 Å². The molecule has 0 bridgehead atoms. The predicted octanol–water partition coefficient (Wildman–Crippen LogP) is 0.293. The van der Waals surface area contributed by atoms with Crippen molar-refractivity contribution in [1.29, 1.82) is 0 Å². The molecule has 0 unspecified atom stereocenters. The molecule has 1 aromatic rings. The molecule has 0 aliphatic rings. The molecule has 6 nitrogen and oxygen atoms in total. The third kappa shape index (κ3) is 2.94. The number of carbonyl (C=O) groups excluding carboxylic acids is 1. The first-order chi connectivity index (χ1) is 7.54. The Morgan fingerprint density at radius 1 is 1.50 bits per heavy atom. The van der Waals surface area contributed by atoms with Gasteiger partial charge in [-0.05, 0) is 13.0 Å². The number of hydrogen-bond acceptors (Lipinski definition) is 4. The predicted molar refractivity (Wildman–Crippen MR) is 55.4 cm³/mol. The van der Waals surface area contributed by atoms with E-state index in [1.165, 1.54) is 32.4 Å². The minimum absolute atomic E-state index is 0.286. The molecular weight excluding hydrogens is 212 g/mol. The number of nitrogens with one attached hydrogen (secondary N) is 1. The molecule has 0 saturated heterocycles. The Balaban J connectivity index is 2.69. The van der Waals surface area contributed by atoms with E-state index in [0.717, 1.165) is 0 Å². The number of aromatic nitrogens is 1. The first-order valence-electron chi connectivity index (χ1n) is 4.58. The number of aliphatic carboxylic acids is 1. The van der Waals surface area contributed by atoms with Crippen LogP contribution in [0.2, 0.25) is 0 Å².